The van der Waals surface area contributed by atoms with E-state index in [-0.39, 0.29) is 24.6 Å². The van der Waals surface area contributed by atoms with Crippen molar-refractivity contribution in [1.29, 1.82) is 0 Å². The lowest BCUT2D eigenvalue weighted by Gasteiger charge is -2.17. The van der Waals surface area contributed by atoms with Crippen LogP contribution in [0.1, 0.15) is 29.3 Å². The topological polar surface area (TPSA) is 91.7 Å². The van der Waals surface area contributed by atoms with Crippen molar-refractivity contribution >= 4 is 27.5 Å². The first-order chi connectivity index (χ1) is 15.4. The van der Waals surface area contributed by atoms with E-state index in [1.54, 1.807) is 37.7 Å². The molecule has 0 spiro atoms. The number of carbonyl (C=O) groups is 1. The van der Waals surface area contributed by atoms with Crippen molar-refractivity contribution in [3.63, 3.8) is 0 Å². The van der Waals surface area contributed by atoms with Gasteiger partial charge in [-0.1, -0.05) is 6.92 Å². The normalized spacial score (nSPS) is 15.3. The highest BCUT2D eigenvalue weighted by molar-refractivity contribution is 7.18. The molecule has 0 saturated carbocycles. The summed E-state index contributed by atoms with van der Waals surface area (Å²) in [6.45, 7) is 2.40. The number of nitrogens with zero attached hydrogens (tertiary/aromatic N) is 2. The molecule has 0 fully saturated rings. The molecule has 1 amide bonds. The van der Waals surface area contributed by atoms with E-state index >= 15 is 0 Å². The van der Waals surface area contributed by atoms with Crippen LogP contribution in [0, 0.1) is 5.92 Å². The average Bonchev–Trinajstić information content (AvgIpc) is 3.16. The number of methoxy groups -OCH3 is 3. The minimum absolute atomic E-state index is 0.0901. The molecule has 0 bridgehead atoms. The SMILES string of the molecule is COc1cc(CNC(=O)Cn2cnc3sc4c(c3c2=O)CCC(C)C4)cc(OC)c1OC. The minimum atomic E-state index is -0.278. The third-order valence-electron chi connectivity index (χ3n) is 5.81. The van der Waals surface area contributed by atoms with Crippen molar-refractivity contribution in [3.05, 3.63) is 44.8 Å². The Labute approximate surface area is 190 Å². The highest BCUT2D eigenvalue weighted by Crippen LogP contribution is 2.38. The van der Waals surface area contributed by atoms with Crippen molar-refractivity contribution in [2.24, 2.45) is 5.92 Å². The Kier molecular flexibility index (Phi) is 6.36. The smallest absolute Gasteiger partial charge is 0.262 e. The van der Waals surface area contributed by atoms with Gasteiger partial charge in [-0.2, -0.15) is 0 Å². The van der Waals surface area contributed by atoms with E-state index in [9.17, 15) is 9.59 Å². The molecule has 1 aromatic carbocycles. The Morgan fingerprint density at radius 2 is 1.94 bits per heavy atom. The summed E-state index contributed by atoms with van der Waals surface area (Å²) < 4.78 is 17.4. The van der Waals surface area contributed by atoms with Crippen molar-refractivity contribution in [2.45, 2.75) is 39.3 Å². The van der Waals surface area contributed by atoms with Gasteiger partial charge in [0, 0.05) is 11.4 Å². The van der Waals surface area contributed by atoms with Gasteiger partial charge in [0.2, 0.25) is 11.7 Å². The summed E-state index contributed by atoms with van der Waals surface area (Å²) in [7, 11) is 4.62. The summed E-state index contributed by atoms with van der Waals surface area (Å²) in [5.41, 5.74) is 1.76. The second-order valence-electron chi connectivity index (χ2n) is 8.02. The molecule has 0 radical (unpaired) electrons. The van der Waals surface area contributed by atoms with Gasteiger partial charge in [0.1, 0.15) is 11.4 Å². The zero-order chi connectivity index (χ0) is 22.8. The van der Waals surface area contributed by atoms with Gasteiger partial charge in [0.25, 0.3) is 5.56 Å². The van der Waals surface area contributed by atoms with Crippen LogP contribution >= 0.6 is 11.3 Å². The largest absolute Gasteiger partial charge is 0.493 e. The van der Waals surface area contributed by atoms with Crippen molar-refractivity contribution in [1.82, 2.24) is 14.9 Å². The molecule has 0 saturated heterocycles. The fourth-order valence-corrected chi connectivity index (χ4v) is 5.47. The first-order valence-electron chi connectivity index (χ1n) is 10.5. The van der Waals surface area contributed by atoms with Gasteiger partial charge >= 0.3 is 0 Å². The van der Waals surface area contributed by atoms with Crippen LogP contribution in [-0.2, 0) is 30.7 Å². The third-order valence-corrected chi connectivity index (χ3v) is 6.97. The molecule has 2 heterocycles. The van der Waals surface area contributed by atoms with E-state index in [4.69, 9.17) is 14.2 Å². The second kappa shape index (κ2) is 9.20. The van der Waals surface area contributed by atoms with Crippen LogP contribution in [0.3, 0.4) is 0 Å². The Morgan fingerprint density at radius 3 is 2.59 bits per heavy atom. The van der Waals surface area contributed by atoms with Gasteiger partial charge in [0.05, 0.1) is 33.0 Å². The highest BCUT2D eigenvalue weighted by atomic mass is 32.1. The Bertz CT molecular complexity index is 1190. The van der Waals surface area contributed by atoms with E-state index in [0.717, 1.165) is 35.2 Å². The number of hydrogen-bond acceptors (Lipinski definition) is 7. The third kappa shape index (κ3) is 4.17. The summed E-state index contributed by atoms with van der Waals surface area (Å²) in [5.74, 6) is 1.86. The molecule has 0 aliphatic heterocycles. The van der Waals surface area contributed by atoms with E-state index < -0.39 is 0 Å². The van der Waals surface area contributed by atoms with Crippen LogP contribution in [0.2, 0.25) is 0 Å². The van der Waals surface area contributed by atoms with Crippen LogP contribution in [0.15, 0.2) is 23.3 Å². The van der Waals surface area contributed by atoms with Crippen molar-refractivity contribution < 1.29 is 19.0 Å². The molecule has 3 aromatic rings. The van der Waals surface area contributed by atoms with Gasteiger partial charge in [-0.3, -0.25) is 14.2 Å². The Hall–Kier alpha value is -3.07. The van der Waals surface area contributed by atoms with Crippen LogP contribution in [0.25, 0.3) is 10.2 Å². The van der Waals surface area contributed by atoms with Gasteiger partial charge in [-0.05, 0) is 48.4 Å². The minimum Gasteiger partial charge on any atom is -0.493 e. The number of aromatic nitrogens is 2. The standard InChI is InChI=1S/C23H27N3O5S/c1-13-5-6-15-18(7-13)32-22-20(15)23(28)26(12-25-22)11-19(27)24-10-14-8-16(29-2)21(31-4)17(9-14)30-3/h8-9,12-13H,5-7,10-11H2,1-4H3,(H,24,27). The lowest BCUT2D eigenvalue weighted by molar-refractivity contribution is -0.121. The molecule has 9 heteroatoms. The average molecular weight is 458 g/mol. The first-order valence-corrected chi connectivity index (χ1v) is 11.3. The van der Waals surface area contributed by atoms with Gasteiger partial charge in [-0.25, -0.2) is 4.98 Å². The molecule has 1 atom stereocenters. The molecule has 2 aromatic heterocycles. The molecule has 1 N–H and O–H groups in total. The molecule has 170 valence electrons. The highest BCUT2D eigenvalue weighted by Gasteiger charge is 2.23. The number of fused-ring (bicyclic) bond motifs is 3. The quantitative estimate of drug-likeness (QED) is 0.587. The molecule has 1 aliphatic carbocycles. The zero-order valence-electron chi connectivity index (χ0n) is 18.7. The maximum absolute atomic E-state index is 13.1. The van der Waals surface area contributed by atoms with Crippen LogP contribution in [-0.4, -0.2) is 36.8 Å². The van der Waals surface area contributed by atoms with Crippen molar-refractivity contribution in [2.75, 3.05) is 21.3 Å². The molecule has 1 unspecified atom stereocenters. The number of amides is 1. The number of thiophene rings is 1. The lowest BCUT2D eigenvalue weighted by atomic mass is 9.89. The summed E-state index contributed by atoms with van der Waals surface area (Å²) in [4.78, 5) is 32.2. The summed E-state index contributed by atoms with van der Waals surface area (Å²) in [6.07, 6.45) is 4.42. The summed E-state index contributed by atoms with van der Waals surface area (Å²) in [5, 5.41) is 3.53. The van der Waals surface area contributed by atoms with E-state index in [1.165, 1.54) is 22.9 Å². The fraction of sp³-hybridized carbons (Fsp3) is 0.435. The zero-order valence-corrected chi connectivity index (χ0v) is 19.5. The summed E-state index contributed by atoms with van der Waals surface area (Å²) >= 11 is 1.60. The first kappa shape index (κ1) is 22.1. The van der Waals surface area contributed by atoms with Crippen LogP contribution in [0.4, 0.5) is 0 Å². The van der Waals surface area contributed by atoms with Crippen LogP contribution < -0.4 is 25.1 Å². The number of aryl methyl sites for hydroxylation is 1. The lowest BCUT2D eigenvalue weighted by Crippen LogP contribution is -2.32. The number of ether oxygens (including phenoxy) is 3. The maximum atomic E-state index is 13.1. The van der Waals surface area contributed by atoms with Gasteiger partial charge in [-0.15, -0.1) is 11.3 Å². The Morgan fingerprint density at radius 1 is 1.22 bits per heavy atom. The predicted octanol–water partition coefficient (Wildman–Crippen LogP) is 2.93. The van der Waals surface area contributed by atoms with Crippen molar-refractivity contribution in [3.8, 4) is 17.2 Å². The molecule has 4 rings (SSSR count). The number of benzene rings is 1. The second-order valence-corrected chi connectivity index (χ2v) is 9.10. The number of rotatable bonds is 7. The predicted molar refractivity (Wildman–Crippen MR) is 123 cm³/mol. The Balaban J connectivity index is 1.50. The van der Waals surface area contributed by atoms with E-state index in [0.29, 0.717) is 28.6 Å². The van der Waals surface area contributed by atoms with Crippen LogP contribution in [0.5, 0.6) is 17.2 Å². The molecule has 32 heavy (non-hydrogen) atoms. The molecule has 1 aliphatic rings. The van der Waals surface area contributed by atoms with Gasteiger partial charge < -0.3 is 19.5 Å². The number of nitrogens with one attached hydrogen (secondary N) is 1. The van der Waals surface area contributed by atoms with E-state index in [2.05, 4.69) is 17.2 Å². The fourth-order valence-electron chi connectivity index (χ4n) is 4.13. The molecular weight excluding hydrogens is 430 g/mol. The monoisotopic (exact) mass is 457 g/mol. The van der Waals surface area contributed by atoms with Gasteiger partial charge in [0.15, 0.2) is 11.5 Å². The van der Waals surface area contributed by atoms with E-state index in [1.807, 2.05) is 0 Å². The number of hydrogen-bond donors (Lipinski definition) is 1. The molecular formula is C23H27N3O5S. The molecule has 8 nitrogen and oxygen atoms in total. The number of carbonyl (C=O) groups excluding carboxylic acids is 1. The summed E-state index contributed by atoms with van der Waals surface area (Å²) in [6, 6.07) is 3.56. The maximum Gasteiger partial charge on any atom is 0.262 e.